The molecular formula is C14H7Cl2NO2. The van der Waals surface area contributed by atoms with Crippen LogP contribution in [0.2, 0.25) is 10.0 Å². The first-order valence-electron chi connectivity index (χ1n) is 5.48. The van der Waals surface area contributed by atoms with Crippen LogP contribution in [0.15, 0.2) is 40.8 Å². The Bertz CT molecular complexity index is 780. The zero-order chi connectivity index (χ0) is 13.4. The maximum Gasteiger partial charge on any atom is 0.227 e. The van der Waals surface area contributed by atoms with Crippen molar-refractivity contribution in [3.05, 3.63) is 52.0 Å². The van der Waals surface area contributed by atoms with Gasteiger partial charge in [0.15, 0.2) is 11.9 Å². The third kappa shape index (κ3) is 2.23. The third-order valence-electron chi connectivity index (χ3n) is 2.72. The molecule has 0 aliphatic rings. The Morgan fingerprint density at radius 3 is 2.68 bits per heavy atom. The van der Waals surface area contributed by atoms with Crippen LogP contribution in [0.1, 0.15) is 10.4 Å². The third-order valence-corrected chi connectivity index (χ3v) is 3.29. The van der Waals surface area contributed by atoms with Crippen molar-refractivity contribution in [2.45, 2.75) is 0 Å². The number of hydrogen-bond acceptors (Lipinski definition) is 3. The van der Waals surface area contributed by atoms with E-state index in [2.05, 4.69) is 4.98 Å². The van der Waals surface area contributed by atoms with Crippen molar-refractivity contribution in [1.29, 1.82) is 0 Å². The van der Waals surface area contributed by atoms with Gasteiger partial charge in [-0.2, -0.15) is 0 Å². The van der Waals surface area contributed by atoms with Gasteiger partial charge >= 0.3 is 0 Å². The highest BCUT2D eigenvalue weighted by Crippen LogP contribution is 2.28. The highest BCUT2D eigenvalue weighted by molar-refractivity contribution is 6.33. The van der Waals surface area contributed by atoms with Gasteiger partial charge in [-0.15, -0.1) is 0 Å². The van der Waals surface area contributed by atoms with E-state index in [4.69, 9.17) is 27.6 Å². The molecule has 0 N–H and O–H groups in total. The van der Waals surface area contributed by atoms with Crippen LogP contribution in [-0.2, 0) is 0 Å². The first-order chi connectivity index (χ1) is 9.17. The van der Waals surface area contributed by atoms with Crippen LogP contribution in [0.3, 0.4) is 0 Å². The Hall–Kier alpha value is -1.84. The van der Waals surface area contributed by atoms with E-state index in [0.717, 1.165) is 0 Å². The van der Waals surface area contributed by atoms with Gasteiger partial charge in [-0.25, -0.2) is 4.98 Å². The van der Waals surface area contributed by atoms with Gasteiger partial charge in [-0.3, -0.25) is 4.79 Å². The van der Waals surface area contributed by atoms with Crippen LogP contribution < -0.4 is 0 Å². The molecule has 0 atom stereocenters. The molecule has 0 spiro atoms. The predicted molar refractivity (Wildman–Crippen MR) is 74.9 cm³/mol. The van der Waals surface area contributed by atoms with Gasteiger partial charge in [0.2, 0.25) is 5.89 Å². The monoisotopic (exact) mass is 291 g/mol. The molecule has 0 aliphatic carbocycles. The Balaban J connectivity index is 2.13. The molecule has 19 heavy (non-hydrogen) atoms. The zero-order valence-corrected chi connectivity index (χ0v) is 11.1. The van der Waals surface area contributed by atoms with Crippen LogP contribution in [0.25, 0.3) is 22.6 Å². The van der Waals surface area contributed by atoms with Crippen LogP contribution in [0.5, 0.6) is 0 Å². The van der Waals surface area contributed by atoms with Crippen LogP contribution in [0, 0.1) is 0 Å². The molecule has 0 saturated heterocycles. The van der Waals surface area contributed by atoms with E-state index in [0.29, 0.717) is 44.4 Å². The topological polar surface area (TPSA) is 43.1 Å². The predicted octanol–water partition coefficient (Wildman–Crippen LogP) is 4.61. The van der Waals surface area contributed by atoms with Gasteiger partial charge in [-0.1, -0.05) is 23.2 Å². The number of fused-ring (bicyclic) bond motifs is 1. The molecule has 2 aromatic carbocycles. The fraction of sp³-hybridized carbons (Fsp3) is 0. The van der Waals surface area contributed by atoms with Crippen molar-refractivity contribution in [3.63, 3.8) is 0 Å². The van der Waals surface area contributed by atoms with Crippen LogP contribution in [0.4, 0.5) is 0 Å². The summed E-state index contributed by atoms with van der Waals surface area (Å²) in [6.07, 6.45) is 0.706. The second-order valence-corrected chi connectivity index (χ2v) is 4.83. The molecule has 1 aromatic heterocycles. The largest absolute Gasteiger partial charge is 0.436 e. The highest BCUT2D eigenvalue weighted by atomic mass is 35.5. The number of rotatable bonds is 2. The number of carbonyl (C=O) groups is 1. The summed E-state index contributed by atoms with van der Waals surface area (Å²) in [6.45, 7) is 0. The molecule has 0 amide bonds. The van der Waals surface area contributed by atoms with Crippen LogP contribution in [-0.4, -0.2) is 11.3 Å². The minimum Gasteiger partial charge on any atom is -0.436 e. The van der Waals surface area contributed by atoms with Crippen molar-refractivity contribution < 1.29 is 9.21 Å². The number of oxazole rings is 1. The Kier molecular flexibility index (Phi) is 3.01. The summed E-state index contributed by atoms with van der Waals surface area (Å²) < 4.78 is 5.62. The van der Waals surface area contributed by atoms with Crippen molar-refractivity contribution in [2.75, 3.05) is 0 Å². The zero-order valence-electron chi connectivity index (χ0n) is 9.56. The summed E-state index contributed by atoms with van der Waals surface area (Å²) in [7, 11) is 0. The quantitative estimate of drug-likeness (QED) is 0.647. The summed E-state index contributed by atoms with van der Waals surface area (Å²) in [5, 5.41) is 0.967. The summed E-state index contributed by atoms with van der Waals surface area (Å²) in [5.74, 6) is 0.441. The Labute approximate surface area is 118 Å². The van der Waals surface area contributed by atoms with Crippen molar-refractivity contribution in [1.82, 2.24) is 4.98 Å². The number of hydrogen-bond donors (Lipinski definition) is 0. The lowest BCUT2D eigenvalue weighted by atomic mass is 10.1. The first kappa shape index (κ1) is 12.2. The van der Waals surface area contributed by atoms with Crippen molar-refractivity contribution in [3.8, 4) is 11.5 Å². The fourth-order valence-corrected chi connectivity index (χ4v) is 2.17. The minimum atomic E-state index is 0.368. The Morgan fingerprint density at radius 2 is 1.95 bits per heavy atom. The van der Waals surface area contributed by atoms with Gasteiger partial charge in [0.05, 0.1) is 5.02 Å². The maximum absolute atomic E-state index is 10.7. The molecular weight excluding hydrogens is 285 g/mol. The maximum atomic E-state index is 10.7. The molecule has 5 heteroatoms. The van der Waals surface area contributed by atoms with Gasteiger partial charge in [-0.05, 0) is 36.4 Å². The summed E-state index contributed by atoms with van der Waals surface area (Å²) in [6, 6.07) is 10.2. The van der Waals surface area contributed by atoms with Crippen LogP contribution >= 0.6 is 23.2 Å². The molecule has 0 radical (unpaired) electrons. The van der Waals surface area contributed by atoms with E-state index < -0.39 is 0 Å². The van der Waals surface area contributed by atoms with Gasteiger partial charge < -0.3 is 4.42 Å². The number of nitrogens with zero attached hydrogens (tertiary/aromatic N) is 1. The van der Waals surface area contributed by atoms with E-state index in [-0.39, 0.29) is 0 Å². The molecule has 3 nitrogen and oxygen atoms in total. The second kappa shape index (κ2) is 4.68. The Morgan fingerprint density at radius 1 is 1.11 bits per heavy atom. The molecule has 1 heterocycles. The molecule has 3 aromatic rings. The van der Waals surface area contributed by atoms with Crippen molar-refractivity contribution >= 4 is 40.6 Å². The molecule has 0 fully saturated rings. The van der Waals surface area contributed by atoms with E-state index in [9.17, 15) is 4.79 Å². The smallest absolute Gasteiger partial charge is 0.227 e. The summed E-state index contributed by atoms with van der Waals surface area (Å²) in [4.78, 5) is 15.1. The lowest BCUT2D eigenvalue weighted by Gasteiger charge is -1.98. The molecule has 0 saturated carbocycles. The number of aromatic nitrogens is 1. The summed E-state index contributed by atoms with van der Waals surface area (Å²) in [5.41, 5.74) is 2.47. The minimum absolute atomic E-state index is 0.368. The lowest BCUT2D eigenvalue weighted by molar-refractivity contribution is 0.112. The lowest BCUT2D eigenvalue weighted by Crippen LogP contribution is -1.83. The number of benzene rings is 2. The average Bonchev–Trinajstić information content (AvgIpc) is 2.81. The van der Waals surface area contributed by atoms with E-state index in [1.54, 1.807) is 36.4 Å². The average molecular weight is 292 g/mol. The number of aldehydes is 1. The van der Waals surface area contributed by atoms with E-state index in [1.807, 2.05) is 0 Å². The van der Waals surface area contributed by atoms with E-state index >= 15 is 0 Å². The van der Waals surface area contributed by atoms with Crippen molar-refractivity contribution in [2.24, 2.45) is 0 Å². The van der Waals surface area contributed by atoms with Gasteiger partial charge in [0.1, 0.15) is 5.52 Å². The summed E-state index contributed by atoms with van der Waals surface area (Å²) >= 11 is 11.9. The van der Waals surface area contributed by atoms with Gasteiger partial charge in [0, 0.05) is 16.1 Å². The SMILES string of the molecule is O=Cc1ccc(-c2nc3cc(Cl)ccc3o2)cc1Cl. The molecule has 0 aliphatic heterocycles. The normalized spacial score (nSPS) is 10.8. The molecule has 94 valence electrons. The number of halogens is 2. The van der Waals surface area contributed by atoms with Gasteiger partial charge in [0.25, 0.3) is 0 Å². The fourth-order valence-electron chi connectivity index (χ4n) is 1.78. The molecule has 0 bridgehead atoms. The standard InChI is InChI=1S/C14H7Cl2NO2/c15-10-3-4-13-12(6-10)17-14(19-13)8-1-2-9(7-18)11(16)5-8/h1-7H. The van der Waals surface area contributed by atoms with E-state index in [1.165, 1.54) is 0 Å². The highest BCUT2D eigenvalue weighted by Gasteiger charge is 2.10. The second-order valence-electron chi connectivity index (χ2n) is 3.99. The first-order valence-corrected chi connectivity index (χ1v) is 6.24. The number of carbonyl (C=O) groups excluding carboxylic acids is 1. The molecule has 3 rings (SSSR count). The molecule has 0 unspecified atom stereocenters.